The lowest BCUT2D eigenvalue weighted by atomic mass is 10.0. The summed E-state index contributed by atoms with van der Waals surface area (Å²) in [4.78, 5) is 14.9. The van der Waals surface area contributed by atoms with E-state index >= 15 is 0 Å². The summed E-state index contributed by atoms with van der Waals surface area (Å²) in [5.74, 6) is 1.15. The van der Waals surface area contributed by atoms with Gasteiger partial charge < -0.3 is 9.72 Å². The molecule has 2 aromatic rings. The number of ether oxygens (including phenoxy) is 1. The summed E-state index contributed by atoms with van der Waals surface area (Å²) in [5.41, 5.74) is 2.08. The second kappa shape index (κ2) is 4.62. The number of carbonyl (C=O) groups is 1. The Morgan fingerprint density at radius 2 is 2.18 bits per heavy atom. The maximum atomic E-state index is 11.8. The molecular formula is C14H17NO2. The predicted molar refractivity (Wildman–Crippen MR) is 68.4 cm³/mol. The van der Waals surface area contributed by atoms with Crippen molar-refractivity contribution in [1.82, 2.24) is 4.98 Å². The number of H-pyrrole nitrogens is 1. The van der Waals surface area contributed by atoms with Crippen LogP contribution in [0.1, 0.15) is 19.4 Å². The van der Waals surface area contributed by atoms with Gasteiger partial charge in [0.1, 0.15) is 11.5 Å². The molecule has 3 heteroatoms. The molecular weight excluding hydrogens is 214 g/mol. The van der Waals surface area contributed by atoms with Crippen LogP contribution >= 0.6 is 0 Å². The van der Waals surface area contributed by atoms with E-state index in [-0.39, 0.29) is 11.7 Å². The van der Waals surface area contributed by atoms with Gasteiger partial charge in [-0.2, -0.15) is 0 Å². The SMILES string of the molecule is COc1ccc2[nH]cc(CC(=O)C(C)C)c2c1. The minimum Gasteiger partial charge on any atom is -0.497 e. The second-order valence-corrected chi connectivity index (χ2v) is 4.52. The fraction of sp³-hybridized carbons (Fsp3) is 0.357. The number of aromatic amines is 1. The Morgan fingerprint density at radius 3 is 2.82 bits per heavy atom. The van der Waals surface area contributed by atoms with Crippen LogP contribution in [0.25, 0.3) is 10.9 Å². The van der Waals surface area contributed by atoms with Crippen LogP contribution in [0.3, 0.4) is 0 Å². The molecule has 0 aliphatic heterocycles. The zero-order valence-electron chi connectivity index (χ0n) is 10.4. The first-order valence-corrected chi connectivity index (χ1v) is 5.78. The smallest absolute Gasteiger partial charge is 0.139 e. The average molecular weight is 231 g/mol. The standard InChI is InChI=1S/C14H17NO2/c1-9(2)14(16)6-10-8-15-13-5-4-11(17-3)7-12(10)13/h4-5,7-9,15H,6H2,1-3H3. The molecule has 1 heterocycles. The van der Waals surface area contributed by atoms with Gasteiger partial charge in [0.2, 0.25) is 0 Å². The molecule has 0 amide bonds. The van der Waals surface area contributed by atoms with Gasteiger partial charge >= 0.3 is 0 Å². The average Bonchev–Trinajstić information content (AvgIpc) is 2.71. The number of aromatic nitrogens is 1. The highest BCUT2D eigenvalue weighted by molar-refractivity contribution is 5.91. The maximum absolute atomic E-state index is 11.8. The first kappa shape index (κ1) is 11.7. The largest absolute Gasteiger partial charge is 0.497 e. The van der Waals surface area contributed by atoms with Crippen LogP contribution in [0.2, 0.25) is 0 Å². The van der Waals surface area contributed by atoms with E-state index < -0.39 is 0 Å². The van der Waals surface area contributed by atoms with Crippen molar-refractivity contribution in [3.05, 3.63) is 30.0 Å². The molecule has 0 saturated carbocycles. The van der Waals surface area contributed by atoms with Crippen molar-refractivity contribution in [3.63, 3.8) is 0 Å². The third-order valence-electron chi connectivity index (χ3n) is 2.98. The van der Waals surface area contributed by atoms with Crippen molar-refractivity contribution in [3.8, 4) is 5.75 Å². The zero-order valence-corrected chi connectivity index (χ0v) is 10.4. The minimum atomic E-state index is 0.0746. The lowest BCUT2D eigenvalue weighted by Gasteiger charge is -2.04. The number of fused-ring (bicyclic) bond motifs is 1. The van der Waals surface area contributed by atoms with E-state index in [0.29, 0.717) is 6.42 Å². The number of benzene rings is 1. The van der Waals surface area contributed by atoms with E-state index in [9.17, 15) is 4.79 Å². The van der Waals surface area contributed by atoms with Crippen molar-refractivity contribution >= 4 is 16.7 Å². The summed E-state index contributed by atoms with van der Waals surface area (Å²) >= 11 is 0. The highest BCUT2D eigenvalue weighted by Crippen LogP contribution is 2.24. The molecule has 0 radical (unpaired) electrons. The van der Waals surface area contributed by atoms with Crippen molar-refractivity contribution in [2.24, 2.45) is 5.92 Å². The molecule has 0 bridgehead atoms. The topological polar surface area (TPSA) is 42.1 Å². The van der Waals surface area contributed by atoms with Gasteiger partial charge in [0.25, 0.3) is 0 Å². The van der Waals surface area contributed by atoms with Crippen LogP contribution in [-0.2, 0) is 11.2 Å². The number of hydrogen-bond acceptors (Lipinski definition) is 2. The number of hydrogen-bond donors (Lipinski definition) is 1. The summed E-state index contributed by atoms with van der Waals surface area (Å²) in [5, 5.41) is 1.07. The van der Waals surface area contributed by atoms with Gasteiger partial charge in [0.15, 0.2) is 0 Å². The molecule has 0 fully saturated rings. The maximum Gasteiger partial charge on any atom is 0.139 e. The molecule has 0 aliphatic carbocycles. The van der Waals surface area contributed by atoms with Gasteiger partial charge in [-0.05, 0) is 23.8 Å². The fourth-order valence-corrected chi connectivity index (χ4v) is 1.82. The van der Waals surface area contributed by atoms with Gasteiger partial charge in [-0.25, -0.2) is 0 Å². The highest BCUT2D eigenvalue weighted by atomic mass is 16.5. The second-order valence-electron chi connectivity index (χ2n) is 4.52. The van der Waals surface area contributed by atoms with Gasteiger partial charge in [-0.15, -0.1) is 0 Å². The monoisotopic (exact) mass is 231 g/mol. The molecule has 0 atom stereocenters. The van der Waals surface area contributed by atoms with Crippen molar-refractivity contribution in [2.75, 3.05) is 7.11 Å². The molecule has 2 rings (SSSR count). The van der Waals surface area contributed by atoms with Crippen LogP contribution in [0.4, 0.5) is 0 Å². The van der Waals surface area contributed by atoms with E-state index in [1.165, 1.54) is 0 Å². The van der Waals surface area contributed by atoms with Crippen molar-refractivity contribution < 1.29 is 9.53 Å². The number of rotatable bonds is 4. The quantitative estimate of drug-likeness (QED) is 0.879. The number of Topliss-reactive ketones (excluding diaryl/α,β-unsaturated/α-hetero) is 1. The third kappa shape index (κ3) is 2.33. The van der Waals surface area contributed by atoms with E-state index in [4.69, 9.17) is 4.74 Å². The molecule has 90 valence electrons. The lowest BCUT2D eigenvalue weighted by molar-refractivity contribution is -0.121. The number of methoxy groups -OCH3 is 1. The summed E-state index contributed by atoms with van der Waals surface area (Å²) in [7, 11) is 1.65. The van der Waals surface area contributed by atoms with E-state index in [2.05, 4.69) is 4.98 Å². The Hall–Kier alpha value is -1.77. The molecule has 0 aliphatic rings. The Morgan fingerprint density at radius 1 is 1.41 bits per heavy atom. The molecule has 0 saturated heterocycles. The van der Waals surface area contributed by atoms with E-state index in [1.54, 1.807) is 7.11 Å². The highest BCUT2D eigenvalue weighted by Gasteiger charge is 2.12. The molecule has 1 aromatic heterocycles. The first-order valence-electron chi connectivity index (χ1n) is 5.78. The number of carbonyl (C=O) groups excluding carboxylic acids is 1. The van der Waals surface area contributed by atoms with Gasteiger partial charge in [-0.1, -0.05) is 13.8 Å². The Bertz CT molecular complexity index is 540. The van der Waals surface area contributed by atoms with Gasteiger partial charge in [0.05, 0.1) is 7.11 Å². The summed E-state index contributed by atoms with van der Waals surface area (Å²) < 4.78 is 5.20. The molecule has 3 nitrogen and oxygen atoms in total. The summed E-state index contributed by atoms with van der Waals surface area (Å²) in [6.07, 6.45) is 2.38. The van der Waals surface area contributed by atoms with Crippen LogP contribution in [-0.4, -0.2) is 17.9 Å². The minimum absolute atomic E-state index is 0.0746. The summed E-state index contributed by atoms with van der Waals surface area (Å²) in [6, 6.07) is 5.85. The lowest BCUT2D eigenvalue weighted by Crippen LogP contribution is -2.09. The first-order chi connectivity index (χ1) is 8.11. The molecule has 17 heavy (non-hydrogen) atoms. The summed E-state index contributed by atoms with van der Waals surface area (Å²) in [6.45, 7) is 3.86. The zero-order chi connectivity index (χ0) is 12.4. The molecule has 0 spiro atoms. The van der Waals surface area contributed by atoms with Crippen molar-refractivity contribution in [1.29, 1.82) is 0 Å². The van der Waals surface area contributed by atoms with Crippen LogP contribution in [0.15, 0.2) is 24.4 Å². The number of ketones is 1. The predicted octanol–water partition coefficient (Wildman–Crippen LogP) is 2.94. The van der Waals surface area contributed by atoms with Crippen LogP contribution < -0.4 is 4.74 Å². The Kier molecular flexibility index (Phi) is 3.18. The fourth-order valence-electron chi connectivity index (χ4n) is 1.82. The normalized spacial score (nSPS) is 11.1. The van der Waals surface area contributed by atoms with Gasteiger partial charge in [0, 0.05) is 29.4 Å². The van der Waals surface area contributed by atoms with Crippen molar-refractivity contribution in [2.45, 2.75) is 20.3 Å². The molecule has 0 unspecified atom stereocenters. The Labute approximate surface area is 101 Å². The third-order valence-corrected chi connectivity index (χ3v) is 2.98. The van der Waals surface area contributed by atoms with Gasteiger partial charge in [-0.3, -0.25) is 4.79 Å². The van der Waals surface area contributed by atoms with Crippen LogP contribution in [0, 0.1) is 5.92 Å². The van der Waals surface area contributed by atoms with E-state index in [1.807, 2.05) is 38.2 Å². The number of nitrogens with one attached hydrogen (secondary N) is 1. The molecule has 1 aromatic carbocycles. The van der Waals surface area contributed by atoms with Crippen LogP contribution in [0.5, 0.6) is 5.75 Å². The van der Waals surface area contributed by atoms with E-state index in [0.717, 1.165) is 22.2 Å². The molecule has 1 N–H and O–H groups in total. The Balaban J connectivity index is 2.37.